The summed E-state index contributed by atoms with van der Waals surface area (Å²) in [5.74, 6) is 0.164. The van der Waals surface area contributed by atoms with Crippen LogP contribution in [0.15, 0.2) is 0 Å². The molecule has 0 radical (unpaired) electrons. The Hall–Kier alpha value is -0.170. The van der Waals surface area contributed by atoms with E-state index in [-0.39, 0.29) is 11.2 Å². The molecule has 1 rings (SSSR count). The third kappa shape index (κ3) is 5.65. The minimum atomic E-state index is -3.13. The van der Waals surface area contributed by atoms with Crippen LogP contribution in [0.5, 0.6) is 0 Å². The maximum Gasteiger partial charge on any atom is 0.212 e. The SMILES string of the molecule is CCNCCS(=O)(=O)NCC1(C)CCN(C)CC1. The van der Waals surface area contributed by atoms with Gasteiger partial charge in [-0.25, -0.2) is 13.1 Å². The van der Waals surface area contributed by atoms with Crippen molar-refractivity contribution in [1.29, 1.82) is 0 Å². The number of piperidine rings is 1. The van der Waals surface area contributed by atoms with Crippen LogP contribution in [-0.4, -0.2) is 58.8 Å². The summed E-state index contributed by atoms with van der Waals surface area (Å²) in [5.41, 5.74) is 0.109. The summed E-state index contributed by atoms with van der Waals surface area (Å²) >= 11 is 0. The molecule has 0 atom stereocenters. The zero-order valence-corrected chi connectivity index (χ0v) is 12.6. The lowest BCUT2D eigenvalue weighted by Crippen LogP contribution is -2.44. The Balaban J connectivity index is 2.34. The van der Waals surface area contributed by atoms with Crippen molar-refractivity contribution in [2.24, 2.45) is 5.41 Å². The van der Waals surface area contributed by atoms with Crippen molar-refractivity contribution in [1.82, 2.24) is 14.9 Å². The van der Waals surface area contributed by atoms with Crippen molar-refractivity contribution in [3.63, 3.8) is 0 Å². The molecule has 0 spiro atoms. The molecule has 0 unspecified atom stereocenters. The summed E-state index contributed by atoms with van der Waals surface area (Å²) in [5, 5.41) is 3.03. The van der Waals surface area contributed by atoms with Crippen molar-refractivity contribution in [3.8, 4) is 0 Å². The van der Waals surface area contributed by atoms with Gasteiger partial charge in [0.15, 0.2) is 0 Å². The van der Waals surface area contributed by atoms with Crippen LogP contribution in [0.3, 0.4) is 0 Å². The minimum absolute atomic E-state index is 0.109. The van der Waals surface area contributed by atoms with Gasteiger partial charge in [-0.1, -0.05) is 13.8 Å². The lowest BCUT2D eigenvalue weighted by molar-refractivity contribution is 0.143. The van der Waals surface area contributed by atoms with Gasteiger partial charge in [0.2, 0.25) is 10.0 Å². The molecule has 1 saturated heterocycles. The maximum atomic E-state index is 11.8. The fourth-order valence-electron chi connectivity index (χ4n) is 2.07. The topological polar surface area (TPSA) is 61.4 Å². The average molecular weight is 277 g/mol. The second-order valence-electron chi connectivity index (χ2n) is 5.61. The first kappa shape index (κ1) is 15.9. The first-order valence-corrected chi connectivity index (χ1v) is 8.39. The van der Waals surface area contributed by atoms with Crippen LogP contribution in [0.1, 0.15) is 26.7 Å². The van der Waals surface area contributed by atoms with Crippen LogP contribution in [-0.2, 0) is 10.0 Å². The van der Waals surface area contributed by atoms with Gasteiger partial charge >= 0.3 is 0 Å². The van der Waals surface area contributed by atoms with Crippen LogP contribution in [0.2, 0.25) is 0 Å². The van der Waals surface area contributed by atoms with E-state index in [0.717, 1.165) is 32.5 Å². The van der Waals surface area contributed by atoms with Crippen molar-refractivity contribution in [2.45, 2.75) is 26.7 Å². The number of hydrogen-bond donors (Lipinski definition) is 2. The summed E-state index contributed by atoms with van der Waals surface area (Å²) in [6, 6.07) is 0. The van der Waals surface area contributed by atoms with E-state index < -0.39 is 10.0 Å². The van der Waals surface area contributed by atoms with Gasteiger partial charge in [0.05, 0.1) is 5.75 Å². The lowest BCUT2D eigenvalue weighted by atomic mass is 9.81. The first-order valence-electron chi connectivity index (χ1n) is 6.73. The zero-order chi connectivity index (χ0) is 13.6. The fourth-order valence-corrected chi connectivity index (χ4v) is 3.20. The molecular formula is C12H27N3O2S. The van der Waals surface area contributed by atoms with E-state index in [9.17, 15) is 8.42 Å². The quantitative estimate of drug-likeness (QED) is 0.655. The molecule has 2 N–H and O–H groups in total. The highest BCUT2D eigenvalue weighted by molar-refractivity contribution is 7.89. The molecule has 0 aliphatic carbocycles. The molecule has 108 valence electrons. The van der Waals surface area contributed by atoms with E-state index in [2.05, 4.69) is 28.9 Å². The molecule has 0 bridgehead atoms. The molecule has 0 amide bonds. The molecule has 0 aromatic rings. The van der Waals surface area contributed by atoms with Crippen LogP contribution in [0.4, 0.5) is 0 Å². The standard InChI is InChI=1S/C12H27N3O2S/c1-4-13-7-10-18(16,17)14-11-12(2)5-8-15(3)9-6-12/h13-14H,4-11H2,1-3H3. The molecule has 0 saturated carbocycles. The summed E-state index contributed by atoms with van der Waals surface area (Å²) in [4.78, 5) is 2.29. The van der Waals surface area contributed by atoms with Gasteiger partial charge in [0.1, 0.15) is 0 Å². The van der Waals surface area contributed by atoms with E-state index in [1.54, 1.807) is 0 Å². The Bertz CT molecular complexity index is 335. The van der Waals surface area contributed by atoms with Crippen LogP contribution in [0, 0.1) is 5.41 Å². The monoisotopic (exact) mass is 277 g/mol. The first-order chi connectivity index (χ1) is 8.37. The molecule has 1 heterocycles. The highest BCUT2D eigenvalue weighted by atomic mass is 32.2. The Morgan fingerprint density at radius 3 is 2.44 bits per heavy atom. The van der Waals surface area contributed by atoms with Crippen LogP contribution < -0.4 is 10.0 Å². The highest BCUT2D eigenvalue weighted by Crippen LogP contribution is 2.29. The Morgan fingerprint density at radius 2 is 1.89 bits per heavy atom. The summed E-state index contributed by atoms with van der Waals surface area (Å²) in [6.07, 6.45) is 2.11. The van der Waals surface area contributed by atoms with E-state index in [1.807, 2.05) is 6.92 Å². The summed E-state index contributed by atoms with van der Waals surface area (Å²) in [6.45, 7) is 8.14. The molecule has 5 nitrogen and oxygen atoms in total. The summed E-state index contributed by atoms with van der Waals surface area (Å²) in [7, 11) is -1.02. The van der Waals surface area contributed by atoms with Gasteiger partial charge < -0.3 is 10.2 Å². The van der Waals surface area contributed by atoms with Gasteiger partial charge in [-0.15, -0.1) is 0 Å². The van der Waals surface area contributed by atoms with Crippen molar-refractivity contribution in [2.75, 3.05) is 45.5 Å². The average Bonchev–Trinajstić information content (AvgIpc) is 2.32. The summed E-state index contributed by atoms with van der Waals surface area (Å²) < 4.78 is 26.3. The van der Waals surface area contributed by atoms with Crippen LogP contribution in [0.25, 0.3) is 0 Å². The second kappa shape index (κ2) is 6.84. The highest BCUT2D eigenvalue weighted by Gasteiger charge is 2.29. The third-order valence-corrected chi connectivity index (χ3v) is 5.04. The van der Waals surface area contributed by atoms with E-state index in [1.165, 1.54) is 0 Å². The molecular weight excluding hydrogens is 250 g/mol. The van der Waals surface area contributed by atoms with Crippen molar-refractivity contribution < 1.29 is 8.42 Å². The Kier molecular flexibility index (Phi) is 6.04. The predicted molar refractivity (Wildman–Crippen MR) is 75.2 cm³/mol. The normalized spacial score (nSPS) is 21.1. The smallest absolute Gasteiger partial charge is 0.212 e. The molecule has 18 heavy (non-hydrogen) atoms. The minimum Gasteiger partial charge on any atom is -0.316 e. The zero-order valence-electron chi connectivity index (χ0n) is 11.8. The maximum absolute atomic E-state index is 11.8. The van der Waals surface area contributed by atoms with E-state index in [0.29, 0.717) is 13.1 Å². The molecule has 6 heteroatoms. The predicted octanol–water partition coefficient (Wildman–Crippen LogP) is 0.247. The lowest BCUT2D eigenvalue weighted by Gasteiger charge is -2.37. The van der Waals surface area contributed by atoms with Crippen molar-refractivity contribution in [3.05, 3.63) is 0 Å². The third-order valence-electron chi connectivity index (χ3n) is 3.71. The van der Waals surface area contributed by atoms with E-state index >= 15 is 0 Å². The number of hydrogen-bond acceptors (Lipinski definition) is 4. The number of nitrogens with zero attached hydrogens (tertiary/aromatic N) is 1. The van der Waals surface area contributed by atoms with E-state index in [4.69, 9.17) is 0 Å². The van der Waals surface area contributed by atoms with Gasteiger partial charge in [0.25, 0.3) is 0 Å². The number of sulfonamides is 1. The molecule has 1 fully saturated rings. The number of likely N-dealkylation sites (tertiary alicyclic amines) is 1. The van der Waals surface area contributed by atoms with Gasteiger partial charge in [-0.2, -0.15) is 0 Å². The second-order valence-corrected chi connectivity index (χ2v) is 7.53. The van der Waals surface area contributed by atoms with Crippen molar-refractivity contribution >= 4 is 10.0 Å². The fraction of sp³-hybridized carbons (Fsp3) is 1.00. The molecule has 0 aromatic heterocycles. The molecule has 1 aliphatic rings. The van der Waals surface area contributed by atoms with Crippen LogP contribution >= 0.6 is 0 Å². The largest absolute Gasteiger partial charge is 0.316 e. The molecule has 1 aliphatic heterocycles. The number of nitrogens with one attached hydrogen (secondary N) is 2. The van der Waals surface area contributed by atoms with Gasteiger partial charge in [0, 0.05) is 13.1 Å². The Labute approximate surface area is 111 Å². The van der Waals surface area contributed by atoms with Gasteiger partial charge in [-0.3, -0.25) is 0 Å². The van der Waals surface area contributed by atoms with Gasteiger partial charge in [-0.05, 0) is 44.9 Å². The Morgan fingerprint density at radius 1 is 1.28 bits per heavy atom. The molecule has 0 aromatic carbocycles. The number of rotatable bonds is 7.